The first-order chi connectivity index (χ1) is 3.84. The van der Waals surface area contributed by atoms with Gasteiger partial charge in [0.05, 0.1) is 6.17 Å². The molecule has 0 aromatic heterocycles. The summed E-state index contributed by atoms with van der Waals surface area (Å²) < 4.78 is 0. The minimum atomic E-state index is 0.0787. The molecule has 1 aliphatic rings. The average molecular weight is 112 g/mol. The molecule has 0 radical (unpaired) electrons. The molecular weight excluding hydrogens is 102 g/mol. The zero-order chi connectivity index (χ0) is 5.98. The SMILES string of the molecule is CN1CCCC1N=[N-]. The maximum absolute atomic E-state index is 8.32. The minimum absolute atomic E-state index is 0.0787. The van der Waals surface area contributed by atoms with Gasteiger partial charge in [-0.15, -0.1) is 0 Å². The molecule has 1 fully saturated rings. The molecule has 0 aromatic carbocycles. The maximum Gasteiger partial charge on any atom is 0.0795 e. The smallest absolute Gasteiger partial charge is 0.0795 e. The molecule has 0 amide bonds. The fraction of sp³-hybridized carbons (Fsp3) is 1.00. The number of hydrogen-bond acceptors (Lipinski definition) is 2. The van der Waals surface area contributed by atoms with E-state index in [2.05, 4.69) is 5.11 Å². The Balaban J connectivity index is 2.41. The molecule has 0 bridgehead atoms. The molecule has 3 heteroatoms. The van der Waals surface area contributed by atoms with E-state index in [1.165, 1.54) is 0 Å². The van der Waals surface area contributed by atoms with Crippen molar-refractivity contribution in [3.05, 3.63) is 5.53 Å². The van der Waals surface area contributed by atoms with Crippen LogP contribution in [0.1, 0.15) is 12.8 Å². The van der Waals surface area contributed by atoms with Crippen LogP contribution in [-0.2, 0) is 0 Å². The van der Waals surface area contributed by atoms with Gasteiger partial charge in [0.2, 0.25) is 0 Å². The van der Waals surface area contributed by atoms with Crippen molar-refractivity contribution in [3.63, 3.8) is 0 Å². The second kappa shape index (κ2) is 2.22. The molecule has 0 N–H and O–H groups in total. The largest absolute Gasteiger partial charge is 0.711 e. The van der Waals surface area contributed by atoms with E-state index in [0.29, 0.717) is 0 Å². The van der Waals surface area contributed by atoms with Gasteiger partial charge in [-0.05, 0) is 26.4 Å². The lowest BCUT2D eigenvalue weighted by Gasteiger charge is -2.16. The summed E-state index contributed by atoms with van der Waals surface area (Å²) in [5, 5.41) is 3.19. The molecule has 46 valence electrons. The Kier molecular flexibility index (Phi) is 1.58. The van der Waals surface area contributed by atoms with Crippen LogP contribution in [0.2, 0.25) is 0 Å². The van der Waals surface area contributed by atoms with Crippen molar-refractivity contribution in [2.75, 3.05) is 13.6 Å². The standard InChI is InChI=1S/C5H10N3/c1-8-4-2-3-5(8)7-6/h5H,2-4H2,1H3/q-1. The maximum atomic E-state index is 8.32. The topological polar surface area (TPSA) is 37.9 Å². The van der Waals surface area contributed by atoms with Gasteiger partial charge in [0.1, 0.15) is 0 Å². The van der Waals surface area contributed by atoms with Crippen molar-refractivity contribution in [2.45, 2.75) is 19.0 Å². The van der Waals surface area contributed by atoms with Crippen LogP contribution in [0.5, 0.6) is 0 Å². The van der Waals surface area contributed by atoms with Gasteiger partial charge < -0.3 is 10.6 Å². The zero-order valence-corrected chi connectivity index (χ0v) is 5.04. The third kappa shape index (κ3) is 0.865. The van der Waals surface area contributed by atoms with E-state index in [9.17, 15) is 0 Å². The predicted octanol–water partition coefficient (Wildman–Crippen LogP) is 1.06. The average Bonchev–Trinajstić information content (AvgIpc) is 2.14. The quantitative estimate of drug-likeness (QED) is 0.467. The fourth-order valence-electron chi connectivity index (χ4n) is 1.04. The van der Waals surface area contributed by atoms with E-state index in [1.54, 1.807) is 0 Å². The highest BCUT2D eigenvalue weighted by atomic mass is 15.3. The third-order valence-electron chi connectivity index (χ3n) is 1.62. The summed E-state index contributed by atoms with van der Waals surface area (Å²) >= 11 is 0. The van der Waals surface area contributed by atoms with Crippen LogP contribution in [0.3, 0.4) is 0 Å². The predicted molar refractivity (Wildman–Crippen MR) is 31.4 cm³/mol. The highest BCUT2D eigenvalue weighted by Crippen LogP contribution is 2.14. The molecular formula is C5H10N3-. The number of nitrogens with zero attached hydrogens (tertiary/aromatic N) is 3. The summed E-state index contributed by atoms with van der Waals surface area (Å²) in [5.41, 5.74) is 8.32. The van der Waals surface area contributed by atoms with Crippen molar-refractivity contribution in [3.8, 4) is 0 Å². The molecule has 1 rings (SSSR count). The molecule has 1 heterocycles. The number of likely N-dealkylation sites (tertiary alicyclic amines) is 1. The highest BCUT2D eigenvalue weighted by Gasteiger charge is 2.15. The van der Waals surface area contributed by atoms with Gasteiger partial charge in [-0.25, -0.2) is 0 Å². The Hall–Kier alpha value is -0.440. The Labute approximate surface area is 49.2 Å². The second-order valence-electron chi connectivity index (χ2n) is 2.22. The molecule has 1 atom stereocenters. The summed E-state index contributed by atoms with van der Waals surface area (Å²) in [7, 11) is 1.97. The monoisotopic (exact) mass is 112 g/mol. The first-order valence-electron chi connectivity index (χ1n) is 2.89. The van der Waals surface area contributed by atoms with Crippen LogP contribution in [0.25, 0.3) is 5.53 Å². The fourth-order valence-corrected chi connectivity index (χ4v) is 1.04. The van der Waals surface area contributed by atoms with Crippen molar-refractivity contribution < 1.29 is 0 Å². The van der Waals surface area contributed by atoms with Gasteiger partial charge in [-0.2, -0.15) is 0 Å². The van der Waals surface area contributed by atoms with Gasteiger partial charge in [-0.1, -0.05) is 0 Å². The summed E-state index contributed by atoms with van der Waals surface area (Å²) in [4.78, 5) is 2.04. The third-order valence-corrected chi connectivity index (χ3v) is 1.62. The zero-order valence-electron chi connectivity index (χ0n) is 5.04. The van der Waals surface area contributed by atoms with Gasteiger partial charge in [0.25, 0.3) is 0 Å². The molecule has 3 nitrogen and oxygen atoms in total. The van der Waals surface area contributed by atoms with Gasteiger partial charge in [0, 0.05) is 0 Å². The van der Waals surface area contributed by atoms with Crippen LogP contribution in [0, 0.1) is 0 Å². The Morgan fingerprint density at radius 1 is 1.75 bits per heavy atom. The van der Waals surface area contributed by atoms with E-state index < -0.39 is 0 Å². The van der Waals surface area contributed by atoms with Gasteiger partial charge in [0.15, 0.2) is 0 Å². The van der Waals surface area contributed by atoms with E-state index in [1.807, 2.05) is 11.9 Å². The first kappa shape index (κ1) is 5.69. The molecule has 0 spiro atoms. The Morgan fingerprint density at radius 3 is 2.75 bits per heavy atom. The summed E-state index contributed by atoms with van der Waals surface area (Å²) in [5.74, 6) is 0. The highest BCUT2D eigenvalue weighted by molar-refractivity contribution is 4.72. The van der Waals surface area contributed by atoms with Crippen LogP contribution in [0.15, 0.2) is 5.11 Å². The Morgan fingerprint density at radius 2 is 2.50 bits per heavy atom. The number of rotatable bonds is 1. The van der Waals surface area contributed by atoms with Crippen molar-refractivity contribution in [1.29, 1.82) is 0 Å². The van der Waals surface area contributed by atoms with E-state index in [-0.39, 0.29) is 6.17 Å². The molecule has 1 saturated heterocycles. The summed E-state index contributed by atoms with van der Waals surface area (Å²) in [6, 6.07) is 0. The lowest BCUT2D eigenvalue weighted by Crippen LogP contribution is -2.21. The molecule has 0 saturated carbocycles. The summed E-state index contributed by atoms with van der Waals surface area (Å²) in [6.45, 7) is 1.06. The normalized spacial score (nSPS) is 30.9. The second-order valence-corrected chi connectivity index (χ2v) is 2.22. The van der Waals surface area contributed by atoms with Crippen molar-refractivity contribution in [2.24, 2.45) is 5.11 Å². The van der Waals surface area contributed by atoms with Crippen molar-refractivity contribution in [1.82, 2.24) is 4.90 Å². The van der Waals surface area contributed by atoms with E-state index in [0.717, 1.165) is 19.4 Å². The van der Waals surface area contributed by atoms with Crippen LogP contribution >= 0.6 is 0 Å². The molecule has 1 unspecified atom stereocenters. The van der Waals surface area contributed by atoms with E-state index >= 15 is 0 Å². The minimum Gasteiger partial charge on any atom is -0.711 e. The van der Waals surface area contributed by atoms with E-state index in [4.69, 9.17) is 5.53 Å². The molecule has 0 aliphatic carbocycles. The molecule has 8 heavy (non-hydrogen) atoms. The van der Waals surface area contributed by atoms with Crippen molar-refractivity contribution >= 4 is 0 Å². The summed E-state index contributed by atoms with van der Waals surface area (Å²) in [6.07, 6.45) is 2.24. The van der Waals surface area contributed by atoms with Crippen LogP contribution in [-0.4, -0.2) is 24.7 Å². The first-order valence-corrected chi connectivity index (χ1v) is 2.89. The lowest BCUT2D eigenvalue weighted by molar-refractivity contribution is 0.318. The lowest BCUT2D eigenvalue weighted by atomic mass is 10.3. The number of hydrogen-bond donors (Lipinski definition) is 0. The van der Waals surface area contributed by atoms with Gasteiger partial charge in [-0.3, -0.25) is 4.90 Å². The van der Waals surface area contributed by atoms with Crippen LogP contribution in [0.4, 0.5) is 0 Å². The Bertz CT molecular complexity index is 91.7. The van der Waals surface area contributed by atoms with Gasteiger partial charge >= 0.3 is 0 Å². The van der Waals surface area contributed by atoms with Crippen LogP contribution < -0.4 is 0 Å². The molecule has 0 aromatic rings. The molecule has 1 aliphatic heterocycles.